The Morgan fingerprint density at radius 1 is 1.55 bits per heavy atom. The van der Waals surface area contributed by atoms with Crippen LogP contribution in [-0.2, 0) is 9.53 Å². The van der Waals surface area contributed by atoms with Crippen LogP contribution in [0, 0.1) is 5.92 Å². The van der Waals surface area contributed by atoms with Gasteiger partial charge in [0.05, 0.1) is 0 Å². The topological polar surface area (TPSA) is 64.3 Å². The van der Waals surface area contributed by atoms with Gasteiger partial charge in [-0.1, -0.05) is 13.3 Å². The lowest BCUT2D eigenvalue weighted by Gasteiger charge is -2.33. The molecular weight excluding hydrogens is 273 g/mol. The molecule has 1 aliphatic carbocycles. The van der Waals surface area contributed by atoms with Crippen LogP contribution in [0.25, 0.3) is 0 Å². The highest BCUT2D eigenvalue weighted by atomic mass is 19.4. The van der Waals surface area contributed by atoms with Gasteiger partial charge < -0.3 is 15.8 Å². The molecule has 0 aliphatic heterocycles. The minimum Gasteiger partial charge on any atom is -0.369 e. The molecule has 1 aliphatic rings. The van der Waals surface area contributed by atoms with E-state index in [2.05, 4.69) is 5.32 Å². The molecule has 0 spiro atoms. The van der Waals surface area contributed by atoms with Gasteiger partial charge in [0.2, 0.25) is 5.91 Å². The SMILES string of the molecule is CCNC1(C(N)=O)CCCC1CCOC(C)C(F)(F)F. The first-order chi connectivity index (χ1) is 9.24. The summed E-state index contributed by atoms with van der Waals surface area (Å²) in [5.74, 6) is -0.494. The van der Waals surface area contributed by atoms with Crippen molar-refractivity contribution in [2.75, 3.05) is 13.2 Å². The molecule has 3 atom stereocenters. The fourth-order valence-electron chi connectivity index (χ4n) is 2.91. The van der Waals surface area contributed by atoms with E-state index < -0.39 is 23.7 Å². The highest BCUT2D eigenvalue weighted by Gasteiger charge is 2.47. The zero-order valence-corrected chi connectivity index (χ0v) is 11.9. The summed E-state index contributed by atoms with van der Waals surface area (Å²) in [6.45, 7) is 3.44. The summed E-state index contributed by atoms with van der Waals surface area (Å²) in [6, 6.07) is 0. The van der Waals surface area contributed by atoms with Crippen molar-refractivity contribution in [2.45, 2.75) is 57.3 Å². The van der Waals surface area contributed by atoms with Crippen LogP contribution in [-0.4, -0.2) is 36.9 Å². The number of likely N-dealkylation sites (N-methyl/N-ethyl adjacent to an activating group) is 1. The summed E-state index contributed by atoms with van der Waals surface area (Å²) >= 11 is 0. The fraction of sp³-hybridized carbons (Fsp3) is 0.923. The van der Waals surface area contributed by atoms with E-state index in [1.54, 1.807) is 0 Å². The highest BCUT2D eigenvalue weighted by molar-refractivity contribution is 5.85. The van der Waals surface area contributed by atoms with Crippen molar-refractivity contribution in [1.82, 2.24) is 5.32 Å². The minimum atomic E-state index is -4.35. The average Bonchev–Trinajstić information content (AvgIpc) is 2.73. The van der Waals surface area contributed by atoms with Crippen LogP contribution >= 0.6 is 0 Å². The molecule has 1 rings (SSSR count). The summed E-state index contributed by atoms with van der Waals surface area (Å²) in [7, 11) is 0. The summed E-state index contributed by atoms with van der Waals surface area (Å²) in [5, 5.41) is 3.12. The number of hydrogen-bond acceptors (Lipinski definition) is 3. The molecule has 4 nitrogen and oxygen atoms in total. The van der Waals surface area contributed by atoms with E-state index in [1.165, 1.54) is 0 Å². The number of nitrogens with one attached hydrogen (secondary N) is 1. The average molecular weight is 296 g/mol. The molecule has 1 fully saturated rings. The third-order valence-corrected chi connectivity index (χ3v) is 4.05. The van der Waals surface area contributed by atoms with Crippen LogP contribution in [0.3, 0.4) is 0 Å². The van der Waals surface area contributed by atoms with Crippen molar-refractivity contribution < 1.29 is 22.7 Å². The summed E-state index contributed by atoms with van der Waals surface area (Å²) < 4.78 is 41.8. The second kappa shape index (κ2) is 6.76. The number of rotatable bonds is 7. The molecule has 1 saturated carbocycles. The number of primary amides is 1. The molecule has 0 aromatic heterocycles. The molecule has 3 N–H and O–H groups in total. The maximum absolute atomic E-state index is 12.3. The van der Waals surface area contributed by atoms with Crippen molar-refractivity contribution >= 4 is 5.91 Å². The molecule has 118 valence electrons. The smallest absolute Gasteiger partial charge is 0.369 e. The summed E-state index contributed by atoms with van der Waals surface area (Å²) in [4.78, 5) is 11.7. The Hall–Kier alpha value is -0.820. The first kappa shape index (κ1) is 17.2. The largest absolute Gasteiger partial charge is 0.414 e. The molecule has 0 bridgehead atoms. The van der Waals surface area contributed by atoms with E-state index in [9.17, 15) is 18.0 Å². The van der Waals surface area contributed by atoms with Crippen molar-refractivity contribution in [3.63, 3.8) is 0 Å². The van der Waals surface area contributed by atoms with Crippen molar-refractivity contribution in [2.24, 2.45) is 11.7 Å². The predicted octanol–water partition coefficient (Wildman–Crippen LogP) is 1.98. The van der Waals surface area contributed by atoms with Gasteiger partial charge in [0.15, 0.2) is 6.10 Å². The Bertz CT molecular complexity index is 336. The zero-order chi connectivity index (χ0) is 15.4. The van der Waals surface area contributed by atoms with E-state index in [0.29, 0.717) is 19.4 Å². The second-order valence-corrected chi connectivity index (χ2v) is 5.30. The van der Waals surface area contributed by atoms with E-state index in [1.807, 2.05) is 6.92 Å². The van der Waals surface area contributed by atoms with Gasteiger partial charge in [-0.2, -0.15) is 13.2 Å². The molecule has 0 radical (unpaired) electrons. The maximum Gasteiger partial charge on any atom is 0.414 e. The molecular formula is C13H23F3N2O2. The van der Waals surface area contributed by atoms with E-state index in [0.717, 1.165) is 19.8 Å². The zero-order valence-electron chi connectivity index (χ0n) is 11.9. The Balaban J connectivity index is 2.56. The summed E-state index contributed by atoms with van der Waals surface area (Å²) in [5.41, 5.74) is 4.70. The second-order valence-electron chi connectivity index (χ2n) is 5.30. The van der Waals surface area contributed by atoms with E-state index in [4.69, 9.17) is 10.5 Å². The van der Waals surface area contributed by atoms with Crippen molar-refractivity contribution in [3.05, 3.63) is 0 Å². The molecule has 0 saturated heterocycles. The standard InChI is InChI=1S/C13H23F3N2O2/c1-3-18-12(11(17)19)7-4-5-10(12)6-8-20-9(2)13(14,15)16/h9-10,18H,3-8H2,1-2H3,(H2,17,19). The fourth-order valence-corrected chi connectivity index (χ4v) is 2.91. The van der Waals surface area contributed by atoms with Crippen LogP contribution in [0.1, 0.15) is 39.5 Å². The van der Waals surface area contributed by atoms with Gasteiger partial charge in [0.1, 0.15) is 5.54 Å². The van der Waals surface area contributed by atoms with Crippen LogP contribution < -0.4 is 11.1 Å². The maximum atomic E-state index is 12.3. The number of carbonyl (C=O) groups is 1. The van der Waals surface area contributed by atoms with Gasteiger partial charge in [0, 0.05) is 6.61 Å². The first-order valence-electron chi connectivity index (χ1n) is 6.97. The van der Waals surface area contributed by atoms with Gasteiger partial charge in [-0.15, -0.1) is 0 Å². The predicted molar refractivity (Wildman–Crippen MR) is 69.0 cm³/mol. The third-order valence-electron chi connectivity index (χ3n) is 4.05. The number of nitrogens with two attached hydrogens (primary N) is 1. The molecule has 7 heteroatoms. The Morgan fingerprint density at radius 2 is 2.20 bits per heavy atom. The van der Waals surface area contributed by atoms with Crippen molar-refractivity contribution in [3.8, 4) is 0 Å². The lowest BCUT2D eigenvalue weighted by molar-refractivity contribution is -0.215. The van der Waals surface area contributed by atoms with Crippen LogP contribution in [0.2, 0.25) is 0 Å². The molecule has 0 aromatic rings. The number of carbonyl (C=O) groups excluding carboxylic acids is 1. The van der Waals surface area contributed by atoms with Crippen LogP contribution in [0.4, 0.5) is 13.2 Å². The number of ether oxygens (including phenoxy) is 1. The number of hydrogen-bond donors (Lipinski definition) is 2. The Labute approximate surface area is 117 Å². The van der Waals surface area contributed by atoms with E-state index >= 15 is 0 Å². The van der Waals surface area contributed by atoms with Gasteiger partial charge in [0.25, 0.3) is 0 Å². The molecule has 0 aromatic carbocycles. The molecule has 1 amide bonds. The van der Waals surface area contributed by atoms with Gasteiger partial charge in [-0.25, -0.2) is 0 Å². The van der Waals surface area contributed by atoms with Gasteiger partial charge in [-0.3, -0.25) is 4.79 Å². The minimum absolute atomic E-state index is 0.0221. The van der Waals surface area contributed by atoms with Gasteiger partial charge in [-0.05, 0) is 38.6 Å². The summed E-state index contributed by atoms with van der Waals surface area (Å²) in [6.07, 6.45) is -3.48. The van der Waals surface area contributed by atoms with Crippen molar-refractivity contribution in [1.29, 1.82) is 0 Å². The lowest BCUT2D eigenvalue weighted by atomic mass is 9.84. The number of halogens is 3. The monoisotopic (exact) mass is 296 g/mol. The van der Waals surface area contributed by atoms with Crippen LogP contribution in [0.5, 0.6) is 0 Å². The Morgan fingerprint density at radius 3 is 2.70 bits per heavy atom. The molecule has 3 unspecified atom stereocenters. The van der Waals surface area contributed by atoms with Crippen LogP contribution in [0.15, 0.2) is 0 Å². The quantitative estimate of drug-likeness (QED) is 0.755. The highest BCUT2D eigenvalue weighted by Crippen LogP contribution is 2.38. The normalized spacial score (nSPS) is 28.6. The number of alkyl halides is 3. The third kappa shape index (κ3) is 3.85. The van der Waals surface area contributed by atoms with E-state index in [-0.39, 0.29) is 12.5 Å². The lowest BCUT2D eigenvalue weighted by Crippen LogP contribution is -2.58. The van der Waals surface area contributed by atoms with Gasteiger partial charge >= 0.3 is 6.18 Å². The molecule has 20 heavy (non-hydrogen) atoms. The molecule has 0 heterocycles. The number of amides is 1. The first-order valence-corrected chi connectivity index (χ1v) is 6.97. The Kier molecular flexibility index (Phi) is 5.82.